The van der Waals surface area contributed by atoms with Gasteiger partial charge in [-0.2, -0.15) is 0 Å². The van der Waals surface area contributed by atoms with Crippen molar-refractivity contribution < 1.29 is 9.59 Å². The van der Waals surface area contributed by atoms with Gasteiger partial charge in [0, 0.05) is 30.6 Å². The van der Waals surface area contributed by atoms with Gasteiger partial charge in [-0.1, -0.05) is 17.7 Å². The molecule has 0 bridgehead atoms. The maximum Gasteiger partial charge on any atom is 0.263 e. The molecule has 2 amide bonds. The Kier molecular flexibility index (Phi) is 4.71. The van der Waals surface area contributed by atoms with E-state index in [1.807, 2.05) is 37.3 Å². The molecular weight excluding hydrogens is 320 g/mol. The summed E-state index contributed by atoms with van der Waals surface area (Å²) >= 11 is 1.57. The molecule has 24 heavy (non-hydrogen) atoms. The standard InChI is InChI=1S/C19H22N2O2S/c1-12-4-7-15(8-5-12)20-18(22)13-6-9-16-14(10-13)11-17(24-16)19(23)21(2)3/h4-5,7-8,11,13H,6,9-10H2,1-3H3,(H,20,22)/t13-/m1/s1. The molecule has 1 atom stereocenters. The number of aryl methyl sites for hydroxylation is 2. The lowest BCUT2D eigenvalue weighted by molar-refractivity contribution is -0.120. The highest BCUT2D eigenvalue weighted by atomic mass is 32.1. The molecular formula is C19H22N2O2S. The number of rotatable bonds is 3. The molecule has 126 valence electrons. The van der Waals surface area contributed by atoms with Crippen molar-refractivity contribution in [1.82, 2.24) is 4.90 Å². The Balaban J connectivity index is 1.69. The highest BCUT2D eigenvalue weighted by Crippen LogP contribution is 2.33. The lowest BCUT2D eigenvalue weighted by Crippen LogP contribution is -2.27. The first-order chi connectivity index (χ1) is 11.4. The summed E-state index contributed by atoms with van der Waals surface area (Å²) in [7, 11) is 3.53. The van der Waals surface area contributed by atoms with Gasteiger partial charge in [0.15, 0.2) is 0 Å². The van der Waals surface area contributed by atoms with E-state index in [-0.39, 0.29) is 17.7 Å². The van der Waals surface area contributed by atoms with Crippen LogP contribution in [-0.4, -0.2) is 30.8 Å². The molecule has 1 N–H and O–H groups in total. The van der Waals surface area contributed by atoms with E-state index in [1.165, 1.54) is 10.4 Å². The van der Waals surface area contributed by atoms with E-state index in [1.54, 1.807) is 30.3 Å². The molecule has 0 radical (unpaired) electrons. The normalized spacial score (nSPS) is 16.4. The van der Waals surface area contributed by atoms with Crippen molar-refractivity contribution in [2.75, 3.05) is 19.4 Å². The van der Waals surface area contributed by atoms with E-state index in [2.05, 4.69) is 5.32 Å². The Labute approximate surface area is 146 Å². The van der Waals surface area contributed by atoms with E-state index < -0.39 is 0 Å². The van der Waals surface area contributed by atoms with Crippen LogP contribution in [0.2, 0.25) is 0 Å². The Morgan fingerprint density at radius 3 is 2.58 bits per heavy atom. The third kappa shape index (κ3) is 3.51. The maximum atomic E-state index is 12.5. The first kappa shape index (κ1) is 16.7. The molecule has 0 spiro atoms. The molecule has 3 rings (SSSR count). The molecule has 0 unspecified atom stereocenters. The minimum Gasteiger partial charge on any atom is -0.344 e. The second kappa shape index (κ2) is 6.77. The fourth-order valence-corrected chi connectivity index (χ4v) is 4.18. The van der Waals surface area contributed by atoms with Gasteiger partial charge < -0.3 is 10.2 Å². The van der Waals surface area contributed by atoms with Crippen molar-refractivity contribution in [2.45, 2.75) is 26.2 Å². The second-order valence-corrected chi connectivity index (χ2v) is 7.69. The predicted octanol–water partition coefficient (Wildman–Crippen LogP) is 3.50. The predicted molar refractivity (Wildman–Crippen MR) is 97.7 cm³/mol. The Morgan fingerprint density at radius 2 is 1.92 bits per heavy atom. The first-order valence-corrected chi connectivity index (χ1v) is 8.96. The van der Waals surface area contributed by atoms with Gasteiger partial charge in [0.05, 0.1) is 4.88 Å². The van der Waals surface area contributed by atoms with Crippen LogP contribution in [0.15, 0.2) is 30.3 Å². The van der Waals surface area contributed by atoms with Crippen LogP contribution in [0, 0.1) is 12.8 Å². The van der Waals surface area contributed by atoms with Crippen LogP contribution in [-0.2, 0) is 17.6 Å². The summed E-state index contributed by atoms with van der Waals surface area (Å²) in [6.45, 7) is 2.03. The molecule has 1 aromatic carbocycles. The van der Waals surface area contributed by atoms with Gasteiger partial charge >= 0.3 is 0 Å². The monoisotopic (exact) mass is 342 g/mol. The zero-order chi connectivity index (χ0) is 17.3. The third-order valence-corrected chi connectivity index (χ3v) is 5.61. The minimum absolute atomic E-state index is 0.0317. The van der Waals surface area contributed by atoms with E-state index >= 15 is 0 Å². The number of hydrogen-bond acceptors (Lipinski definition) is 3. The number of nitrogens with zero attached hydrogens (tertiary/aromatic N) is 1. The molecule has 0 fully saturated rings. The quantitative estimate of drug-likeness (QED) is 0.928. The van der Waals surface area contributed by atoms with Crippen molar-refractivity contribution in [1.29, 1.82) is 0 Å². The molecule has 1 aliphatic carbocycles. The summed E-state index contributed by atoms with van der Waals surface area (Å²) in [4.78, 5) is 28.2. The number of amides is 2. The first-order valence-electron chi connectivity index (χ1n) is 8.15. The van der Waals surface area contributed by atoms with Crippen molar-refractivity contribution in [3.63, 3.8) is 0 Å². The van der Waals surface area contributed by atoms with E-state index in [4.69, 9.17) is 0 Å². The van der Waals surface area contributed by atoms with E-state index in [0.717, 1.165) is 29.0 Å². The van der Waals surface area contributed by atoms with Crippen molar-refractivity contribution in [2.24, 2.45) is 5.92 Å². The Hall–Kier alpha value is -2.14. The number of anilines is 1. The van der Waals surface area contributed by atoms with E-state index in [0.29, 0.717) is 6.42 Å². The molecule has 0 saturated heterocycles. The fourth-order valence-electron chi connectivity index (χ4n) is 2.95. The minimum atomic E-state index is -0.0317. The zero-order valence-electron chi connectivity index (χ0n) is 14.3. The molecule has 1 aromatic heterocycles. The Bertz CT molecular complexity index is 762. The van der Waals surface area contributed by atoms with Gasteiger partial charge in [-0.05, 0) is 49.9 Å². The van der Waals surface area contributed by atoms with Crippen molar-refractivity contribution >= 4 is 28.8 Å². The highest BCUT2D eigenvalue weighted by molar-refractivity contribution is 7.14. The average Bonchev–Trinajstić information content (AvgIpc) is 2.99. The fraction of sp³-hybridized carbons (Fsp3) is 0.368. The molecule has 1 aliphatic rings. The van der Waals surface area contributed by atoms with Crippen LogP contribution >= 0.6 is 11.3 Å². The van der Waals surface area contributed by atoms with Gasteiger partial charge in [-0.3, -0.25) is 9.59 Å². The zero-order valence-corrected chi connectivity index (χ0v) is 15.1. The van der Waals surface area contributed by atoms with Crippen LogP contribution in [0.4, 0.5) is 5.69 Å². The van der Waals surface area contributed by atoms with Crippen molar-refractivity contribution in [3.05, 3.63) is 51.2 Å². The molecule has 5 heteroatoms. The van der Waals surface area contributed by atoms with Crippen LogP contribution in [0.5, 0.6) is 0 Å². The maximum absolute atomic E-state index is 12.5. The van der Waals surface area contributed by atoms with Gasteiger partial charge in [0.25, 0.3) is 5.91 Å². The molecule has 0 aliphatic heterocycles. The highest BCUT2D eigenvalue weighted by Gasteiger charge is 2.27. The van der Waals surface area contributed by atoms with E-state index in [9.17, 15) is 9.59 Å². The Morgan fingerprint density at radius 1 is 1.21 bits per heavy atom. The number of thiophene rings is 1. The molecule has 4 nitrogen and oxygen atoms in total. The third-order valence-electron chi connectivity index (χ3n) is 4.39. The van der Waals surface area contributed by atoms with Crippen molar-refractivity contribution in [3.8, 4) is 0 Å². The number of carbonyl (C=O) groups excluding carboxylic acids is 2. The summed E-state index contributed by atoms with van der Waals surface area (Å²) in [6.07, 6.45) is 2.41. The van der Waals surface area contributed by atoms with Crippen LogP contribution < -0.4 is 5.32 Å². The van der Waals surface area contributed by atoms with Gasteiger partial charge in [-0.25, -0.2) is 0 Å². The summed E-state index contributed by atoms with van der Waals surface area (Å²) in [5, 5.41) is 3.01. The van der Waals surface area contributed by atoms with Gasteiger partial charge in [0.1, 0.15) is 0 Å². The molecule has 2 aromatic rings. The van der Waals surface area contributed by atoms with Crippen LogP contribution in [0.3, 0.4) is 0 Å². The number of carbonyl (C=O) groups is 2. The average molecular weight is 342 g/mol. The lowest BCUT2D eigenvalue weighted by atomic mass is 9.87. The SMILES string of the molecule is Cc1ccc(NC(=O)[C@@H]2CCc3sc(C(=O)N(C)C)cc3C2)cc1. The van der Waals surface area contributed by atoms with Crippen LogP contribution in [0.25, 0.3) is 0 Å². The number of nitrogens with one attached hydrogen (secondary N) is 1. The summed E-state index contributed by atoms with van der Waals surface area (Å²) < 4.78 is 0. The topological polar surface area (TPSA) is 49.4 Å². The second-order valence-electron chi connectivity index (χ2n) is 6.55. The smallest absolute Gasteiger partial charge is 0.263 e. The summed E-state index contributed by atoms with van der Waals surface area (Å²) in [6, 6.07) is 9.81. The lowest BCUT2D eigenvalue weighted by Gasteiger charge is -2.21. The number of hydrogen-bond donors (Lipinski definition) is 1. The molecule has 0 saturated carbocycles. The number of benzene rings is 1. The van der Waals surface area contributed by atoms with Gasteiger partial charge in [0.2, 0.25) is 5.91 Å². The number of fused-ring (bicyclic) bond motifs is 1. The summed E-state index contributed by atoms with van der Waals surface area (Å²) in [5.74, 6) is 0.0713. The van der Waals surface area contributed by atoms with Gasteiger partial charge in [-0.15, -0.1) is 11.3 Å². The molecule has 1 heterocycles. The summed E-state index contributed by atoms with van der Waals surface area (Å²) in [5.41, 5.74) is 3.16. The van der Waals surface area contributed by atoms with Crippen LogP contribution in [0.1, 0.15) is 32.1 Å². The largest absolute Gasteiger partial charge is 0.344 e.